The number of H-pyrrole nitrogens is 1. The Morgan fingerprint density at radius 2 is 2.03 bits per heavy atom. The maximum absolute atomic E-state index is 13.0. The number of amides is 2. The quantitative estimate of drug-likeness (QED) is 0.862. The van der Waals surface area contributed by atoms with Crippen LogP contribution in [0.2, 0.25) is 0 Å². The van der Waals surface area contributed by atoms with E-state index in [4.69, 9.17) is 0 Å². The minimum atomic E-state index is -0.354. The van der Waals surface area contributed by atoms with Gasteiger partial charge in [-0.25, -0.2) is 4.98 Å². The first-order valence-electron chi connectivity index (χ1n) is 10.7. The monoisotopic (exact) mass is 393 g/mol. The van der Waals surface area contributed by atoms with E-state index >= 15 is 0 Å². The zero-order valence-electron chi connectivity index (χ0n) is 16.6. The fourth-order valence-electron chi connectivity index (χ4n) is 4.94. The fourth-order valence-corrected chi connectivity index (χ4v) is 4.94. The molecule has 2 fully saturated rings. The van der Waals surface area contributed by atoms with Gasteiger partial charge in [0, 0.05) is 56.5 Å². The number of carbonyl (C=O) groups excluding carboxylic acids is 2. The molecular weight excluding hydrogens is 366 g/mol. The van der Waals surface area contributed by atoms with Crippen molar-refractivity contribution in [2.24, 2.45) is 5.92 Å². The average Bonchev–Trinajstić information content (AvgIpc) is 3.50. The Morgan fingerprint density at radius 1 is 1.21 bits per heavy atom. The maximum Gasteiger partial charge on any atom is 0.226 e. The number of nitrogens with one attached hydrogen (secondary N) is 1. The summed E-state index contributed by atoms with van der Waals surface area (Å²) < 4.78 is 0. The number of fused-ring (bicyclic) bond motifs is 2. The molecule has 5 rings (SSSR count). The van der Waals surface area contributed by atoms with E-state index in [0.29, 0.717) is 25.9 Å². The number of rotatable bonds is 4. The van der Waals surface area contributed by atoms with Crippen LogP contribution in [0, 0.1) is 5.92 Å². The van der Waals surface area contributed by atoms with Crippen molar-refractivity contribution in [1.29, 1.82) is 0 Å². The summed E-state index contributed by atoms with van der Waals surface area (Å²) in [4.78, 5) is 41.9. The first-order valence-corrected chi connectivity index (χ1v) is 10.7. The van der Waals surface area contributed by atoms with Crippen molar-refractivity contribution in [3.63, 3.8) is 0 Å². The van der Waals surface area contributed by atoms with E-state index in [1.54, 1.807) is 12.5 Å². The minimum absolute atomic E-state index is 0.182. The Hall–Kier alpha value is -2.70. The van der Waals surface area contributed by atoms with Crippen LogP contribution in [0.25, 0.3) is 0 Å². The van der Waals surface area contributed by atoms with E-state index < -0.39 is 0 Å². The van der Waals surface area contributed by atoms with E-state index in [9.17, 15) is 9.59 Å². The third kappa shape index (κ3) is 3.32. The second kappa shape index (κ2) is 7.28. The van der Waals surface area contributed by atoms with Gasteiger partial charge in [0.2, 0.25) is 11.8 Å². The molecule has 2 aromatic rings. The van der Waals surface area contributed by atoms with E-state index in [0.717, 1.165) is 55.6 Å². The molecule has 29 heavy (non-hydrogen) atoms. The van der Waals surface area contributed by atoms with Crippen LogP contribution in [0.5, 0.6) is 0 Å². The number of imidazole rings is 1. The summed E-state index contributed by atoms with van der Waals surface area (Å²) in [5.74, 6) is 0.670. The topological polar surface area (TPSA) is 82.2 Å². The van der Waals surface area contributed by atoms with Gasteiger partial charge in [-0.1, -0.05) is 6.07 Å². The molecule has 7 nitrogen and oxygen atoms in total. The summed E-state index contributed by atoms with van der Waals surface area (Å²) in [6.45, 7) is 2.10. The summed E-state index contributed by atoms with van der Waals surface area (Å²) >= 11 is 0. The number of hydrogen-bond acceptors (Lipinski definition) is 4. The number of pyridine rings is 1. The van der Waals surface area contributed by atoms with E-state index in [2.05, 4.69) is 19.9 Å². The van der Waals surface area contributed by atoms with Crippen molar-refractivity contribution in [3.8, 4) is 0 Å². The lowest BCUT2D eigenvalue weighted by molar-refractivity contribution is -0.145. The summed E-state index contributed by atoms with van der Waals surface area (Å²) in [6, 6.07) is 3.91. The molecule has 0 aromatic carbocycles. The molecule has 2 aliphatic heterocycles. The second-order valence-electron chi connectivity index (χ2n) is 8.52. The number of nitrogens with zero attached hydrogens (tertiary/aromatic N) is 4. The molecule has 1 aliphatic carbocycles. The molecular formula is C22H27N5O2. The van der Waals surface area contributed by atoms with E-state index in [1.807, 2.05) is 23.2 Å². The molecule has 3 aliphatic rings. The third-order valence-electron chi connectivity index (χ3n) is 6.75. The highest BCUT2D eigenvalue weighted by atomic mass is 16.2. The molecule has 1 saturated carbocycles. The molecule has 7 heteroatoms. The fraction of sp³-hybridized carbons (Fsp3) is 0.545. The number of aromatic amines is 1. The van der Waals surface area contributed by atoms with Crippen LogP contribution in [0.4, 0.5) is 0 Å². The molecule has 2 aromatic heterocycles. The van der Waals surface area contributed by atoms with Crippen molar-refractivity contribution >= 4 is 11.8 Å². The minimum Gasteiger partial charge on any atom is -0.348 e. The van der Waals surface area contributed by atoms with Crippen LogP contribution in [0.3, 0.4) is 0 Å². The lowest BCUT2D eigenvalue weighted by Gasteiger charge is -2.50. The number of aromatic nitrogens is 3. The summed E-state index contributed by atoms with van der Waals surface area (Å²) in [5.41, 5.74) is 2.92. The molecule has 1 N–H and O–H groups in total. The van der Waals surface area contributed by atoms with Gasteiger partial charge in [-0.15, -0.1) is 0 Å². The zero-order chi connectivity index (χ0) is 19.8. The first kappa shape index (κ1) is 18.3. The van der Waals surface area contributed by atoms with Crippen LogP contribution in [0.1, 0.15) is 49.1 Å². The summed E-state index contributed by atoms with van der Waals surface area (Å²) in [7, 11) is 0. The highest BCUT2D eigenvalue weighted by Crippen LogP contribution is 2.45. The van der Waals surface area contributed by atoms with Gasteiger partial charge in [-0.2, -0.15) is 0 Å². The molecule has 1 saturated heterocycles. The highest BCUT2D eigenvalue weighted by molar-refractivity contribution is 5.82. The Morgan fingerprint density at radius 3 is 2.76 bits per heavy atom. The van der Waals surface area contributed by atoms with Gasteiger partial charge in [-0.3, -0.25) is 14.6 Å². The third-order valence-corrected chi connectivity index (χ3v) is 6.75. The van der Waals surface area contributed by atoms with Crippen molar-refractivity contribution in [2.75, 3.05) is 19.6 Å². The van der Waals surface area contributed by atoms with Crippen LogP contribution in [-0.4, -0.2) is 56.2 Å². The standard InChI is InChI=1S/C22H27N5O2/c28-19(6-3-16-2-1-10-23-14-16)26-12-8-22(9-13-26)20-18(24-15-25-20)7-11-27(22)21(29)17-4-5-17/h1-2,10,14-15,17H,3-9,11-13H2,(H,24,25). The molecule has 2 amide bonds. The smallest absolute Gasteiger partial charge is 0.226 e. The van der Waals surface area contributed by atoms with Crippen LogP contribution in [0.15, 0.2) is 30.9 Å². The number of likely N-dealkylation sites (tertiary alicyclic amines) is 1. The van der Waals surface area contributed by atoms with Crippen molar-refractivity contribution in [2.45, 2.75) is 50.5 Å². The number of aryl methyl sites for hydroxylation is 1. The average molecular weight is 393 g/mol. The summed E-state index contributed by atoms with van der Waals surface area (Å²) in [5, 5.41) is 0. The second-order valence-corrected chi connectivity index (χ2v) is 8.52. The molecule has 4 heterocycles. The zero-order valence-corrected chi connectivity index (χ0v) is 16.6. The SMILES string of the molecule is O=C(CCc1cccnc1)N1CCC2(CC1)c1nc[nH]c1CCN2C(=O)C1CC1. The van der Waals surface area contributed by atoms with Gasteiger partial charge in [0.25, 0.3) is 0 Å². The van der Waals surface area contributed by atoms with E-state index in [1.165, 1.54) is 0 Å². The Balaban J connectivity index is 1.29. The van der Waals surface area contributed by atoms with Gasteiger partial charge < -0.3 is 14.8 Å². The van der Waals surface area contributed by atoms with Crippen LogP contribution < -0.4 is 0 Å². The van der Waals surface area contributed by atoms with Gasteiger partial charge in [0.1, 0.15) is 0 Å². The van der Waals surface area contributed by atoms with Gasteiger partial charge in [0.05, 0.1) is 17.6 Å². The van der Waals surface area contributed by atoms with Gasteiger partial charge >= 0.3 is 0 Å². The molecule has 152 valence electrons. The van der Waals surface area contributed by atoms with Gasteiger partial charge in [0.15, 0.2) is 0 Å². The van der Waals surface area contributed by atoms with Crippen molar-refractivity contribution in [1.82, 2.24) is 24.8 Å². The number of piperidine rings is 1. The van der Waals surface area contributed by atoms with Crippen molar-refractivity contribution < 1.29 is 9.59 Å². The molecule has 0 atom stereocenters. The van der Waals surface area contributed by atoms with E-state index in [-0.39, 0.29) is 23.3 Å². The Kier molecular flexibility index (Phi) is 4.60. The predicted molar refractivity (Wildman–Crippen MR) is 107 cm³/mol. The normalized spacial score (nSPS) is 20.6. The Labute approximate surface area is 170 Å². The molecule has 1 spiro atoms. The Bertz CT molecular complexity index is 897. The molecule has 0 radical (unpaired) electrons. The lowest BCUT2D eigenvalue weighted by atomic mass is 9.78. The van der Waals surface area contributed by atoms with Crippen molar-refractivity contribution in [3.05, 3.63) is 47.8 Å². The number of hydrogen-bond donors (Lipinski definition) is 1. The first-order chi connectivity index (χ1) is 14.2. The van der Waals surface area contributed by atoms with Gasteiger partial charge in [-0.05, 0) is 43.7 Å². The van der Waals surface area contributed by atoms with Crippen LogP contribution in [-0.2, 0) is 28.0 Å². The highest BCUT2D eigenvalue weighted by Gasteiger charge is 2.51. The lowest BCUT2D eigenvalue weighted by Crippen LogP contribution is -2.59. The van der Waals surface area contributed by atoms with Crippen LogP contribution >= 0.6 is 0 Å². The summed E-state index contributed by atoms with van der Waals surface area (Å²) in [6.07, 6.45) is 10.9. The maximum atomic E-state index is 13.0. The predicted octanol–water partition coefficient (Wildman–Crippen LogP) is 2.05. The molecule has 0 unspecified atom stereocenters. The molecule has 0 bridgehead atoms. The number of carbonyl (C=O) groups is 2. The largest absolute Gasteiger partial charge is 0.348 e.